The number of anilines is 1. The Morgan fingerprint density at radius 1 is 1.42 bits per heavy atom. The number of carboxylic acids is 1. The molecule has 0 unspecified atom stereocenters. The van der Waals surface area contributed by atoms with Gasteiger partial charge >= 0.3 is 5.97 Å². The molecular formula is C14H19NO3S. The second kappa shape index (κ2) is 6.30. The Balaban J connectivity index is 2.27. The highest BCUT2D eigenvalue weighted by Gasteiger charge is 2.24. The number of aromatic carboxylic acids is 1. The summed E-state index contributed by atoms with van der Waals surface area (Å²) in [6, 6.07) is 5.69. The zero-order chi connectivity index (χ0) is 13.8. The second-order valence-corrected chi connectivity index (χ2v) is 5.43. The highest BCUT2D eigenvalue weighted by molar-refractivity contribution is 7.98. The van der Waals surface area contributed by atoms with E-state index < -0.39 is 5.97 Å². The first-order valence-corrected chi connectivity index (χ1v) is 7.58. The Bertz CT molecular complexity index is 456. The topological polar surface area (TPSA) is 49.8 Å². The van der Waals surface area contributed by atoms with Gasteiger partial charge in [0.25, 0.3) is 0 Å². The number of piperidine rings is 1. The maximum Gasteiger partial charge on any atom is 0.338 e. The number of nitrogens with zero attached hydrogens (tertiary/aromatic N) is 1. The Morgan fingerprint density at radius 3 is 2.63 bits per heavy atom. The average molecular weight is 281 g/mol. The first-order valence-electron chi connectivity index (χ1n) is 6.35. The average Bonchev–Trinajstić information content (AvgIpc) is 2.46. The molecule has 0 radical (unpaired) electrons. The molecule has 1 heterocycles. The molecule has 1 aliphatic rings. The number of carbonyl (C=O) groups is 1. The molecule has 1 N–H and O–H groups in total. The van der Waals surface area contributed by atoms with Gasteiger partial charge < -0.3 is 14.7 Å². The van der Waals surface area contributed by atoms with E-state index in [9.17, 15) is 9.90 Å². The van der Waals surface area contributed by atoms with Gasteiger partial charge in [0, 0.05) is 25.1 Å². The lowest BCUT2D eigenvalue weighted by Crippen LogP contribution is -2.37. The zero-order valence-electron chi connectivity index (χ0n) is 11.3. The summed E-state index contributed by atoms with van der Waals surface area (Å²) in [5.41, 5.74) is 1.25. The molecule has 1 aliphatic heterocycles. The summed E-state index contributed by atoms with van der Waals surface area (Å²) in [5, 5.41) is 9.44. The highest BCUT2D eigenvalue weighted by atomic mass is 32.2. The molecular weight excluding hydrogens is 262 g/mol. The number of carboxylic acid groups (broad SMARTS) is 1. The molecule has 1 fully saturated rings. The summed E-state index contributed by atoms with van der Waals surface area (Å²) in [6.07, 6.45) is 4.09. The molecule has 0 amide bonds. The van der Waals surface area contributed by atoms with E-state index >= 15 is 0 Å². The number of hydrogen-bond donors (Lipinski definition) is 1. The quantitative estimate of drug-likeness (QED) is 0.860. The van der Waals surface area contributed by atoms with Crippen molar-refractivity contribution < 1.29 is 14.6 Å². The minimum absolute atomic E-state index is 0.299. The van der Waals surface area contributed by atoms with E-state index in [0.29, 0.717) is 11.7 Å². The van der Waals surface area contributed by atoms with E-state index in [0.717, 1.165) is 36.5 Å². The van der Waals surface area contributed by atoms with Crippen LogP contribution in [0.1, 0.15) is 23.2 Å². The third kappa shape index (κ3) is 3.04. The van der Waals surface area contributed by atoms with Gasteiger partial charge in [-0.25, -0.2) is 4.79 Å². The maximum absolute atomic E-state index is 11.5. The Morgan fingerprint density at radius 2 is 2.11 bits per heavy atom. The van der Waals surface area contributed by atoms with Crippen LogP contribution < -0.4 is 4.90 Å². The van der Waals surface area contributed by atoms with Crippen molar-refractivity contribution in [2.24, 2.45) is 0 Å². The summed E-state index contributed by atoms with van der Waals surface area (Å²) < 4.78 is 5.35. The van der Waals surface area contributed by atoms with Gasteiger partial charge in [-0.1, -0.05) is 6.07 Å². The lowest BCUT2D eigenvalue weighted by Gasteiger charge is -2.34. The third-order valence-electron chi connectivity index (χ3n) is 3.55. The number of thioether (sulfide) groups is 1. The lowest BCUT2D eigenvalue weighted by atomic mass is 10.0. The van der Waals surface area contributed by atoms with E-state index in [2.05, 4.69) is 4.90 Å². The fourth-order valence-electron chi connectivity index (χ4n) is 2.50. The maximum atomic E-state index is 11.5. The van der Waals surface area contributed by atoms with Crippen LogP contribution in [0.3, 0.4) is 0 Å². The molecule has 5 heteroatoms. The lowest BCUT2D eigenvalue weighted by molar-refractivity contribution is 0.0692. The Kier molecular flexibility index (Phi) is 4.71. The van der Waals surface area contributed by atoms with Gasteiger partial charge in [-0.2, -0.15) is 0 Å². The molecule has 1 aromatic carbocycles. The molecule has 1 aromatic rings. The van der Waals surface area contributed by atoms with E-state index in [4.69, 9.17) is 4.74 Å². The summed E-state index contributed by atoms with van der Waals surface area (Å²) in [5.74, 6) is -0.853. The molecule has 4 nitrogen and oxygen atoms in total. The summed E-state index contributed by atoms with van der Waals surface area (Å²) in [6.45, 7) is 1.69. The zero-order valence-corrected chi connectivity index (χ0v) is 12.1. The van der Waals surface area contributed by atoms with E-state index in [1.54, 1.807) is 7.11 Å². The van der Waals surface area contributed by atoms with E-state index in [-0.39, 0.29) is 0 Å². The van der Waals surface area contributed by atoms with Crippen LogP contribution in [0.15, 0.2) is 23.1 Å². The fraction of sp³-hybridized carbons (Fsp3) is 0.500. The molecule has 19 heavy (non-hydrogen) atoms. The molecule has 0 bridgehead atoms. The van der Waals surface area contributed by atoms with Gasteiger partial charge in [-0.05, 0) is 31.2 Å². The van der Waals surface area contributed by atoms with Crippen LogP contribution in [0, 0.1) is 0 Å². The van der Waals surface area contributed by atoms with Crippen molar-refractivity contribution in [2.45, 2.75) is 23.8 Å². The molecule has 1 saturated heterocycles. The predicted octanol–water partition coefficient (Wildman–Crippen LogP) is 2.72. The second-order valence-electron chi connectivity index (χ2n) is 4.58. The number of benzene rings is 1. The number of methoxy groups -OCH3 is 1. The molecule has 104 valence electrons. The monoisotopic (exact) mass is 281 g/mol. The normalized spacial score (nSPS) is 16.6. The minimum Gasteiger partial charge on any atom is -0.478 e. The van der Waals surface area contributed by atoms with Gasteiger partial charge in [0.1, 0.15) is 0 Å². The van der Waals surface area contributed by atoms with Gasteiger partial charge in [0.15, 0.2) is 0 Å². The van der Waals surface area contributed by atoms with Crippen LogP contribution >= 0.6 is 11.8 Å². The molecule has 0 saturated carbocycles. The van der Waals surface area contributed by atoms with Gasteiger partial charge in [0.05, 0.1) is 17.4 Å². The van der Waals surface area contributed by atoms with Crippen LogP contribution in [0.5, 0.6) is 0 Å². The largest absolute Gasteiger partial charge is 0.478 e. The Hall–Kier alpha value is -1.20. The standard InChI is InChI=1S/C14H19NO3S/c1-18-10-6-8-15(9-7-10)11-4-3-5-12(19-2)13(11)14(16)17/h3-5,10H,6-9H2,1-2H3,(H,16,17). The van der Waals surface area contributed by atoms with Crippen molar-refractivity contribution >= 4 is 23.4 Å². The summed E-state index contributed by atoms with van der Waals surface area (Å²) in [7, 11) is 1.73. The number of hydrogen-bond acceptors (Lipinski definition) is 4. The van der Waals surface area contributed by atoms with Crippen molar-refractivity contribution in [3.8, 4) is 0 Å². The van der Waals surface area contributed by atoms with Gasteiger partial charge in [0.2, 0.25) is 0 Å². The first-order chi connectivity index (χ1) is 9.17. The Labute approximate surface area is 117 Å². The van der Waals surface area contributed by atoms with Crippen molar-refractivity contribution in [1.29, 1.82) is 0 Å². The third-order valence-corrected chi connectivity index (χ3v) is 4.33. The molecule has 0 spiro atoms. The van der Waals surface area contributed by atoms with Crippen molar-refractivity contribution in [1.82, 2.24) is 0 Å². The van der Waals surface area contributed by atoms with Crippen LogP contribution in [-0.4, -0.2) is 43.6 Å². The summed E-state index contributed by atoms with van der Waals surface area (Å²) >= 11 is 1.47. The summed E-state index contributed by atoms with van der Waals surface area (Å²) in [4.78, 5) is 14.5. The predicted molar refractivity (Wildman–Crippen MR) is 77.4 cm³/mol. The van der Waals surface area contributed by atoms with Crippen LogP contribution in [0.25, 0.3) is 0 Å². The molecule has 0 atom stereocenters. The fourth-order valence-corrected chi connectivity index (χ4v) is 3.11. The minimum atomic E-state index is -0.853. The SMILES string of the molecule is COC1CCN(c2cccc(SC)c2C(=O)O)CC1. The van der Waals surface area contributed by atoms with E-state index in [1.807, 2.05) is 24.5 Å². The van der Waals surface area contributed by atoms with Crippen LogP contribution in [0.4, 0.5) is 5.69 Å². The van der Waals surface area contributed by atoms with Crippen molar-refractivity contribution in [2.75, 3.05) is 31.4 Å². The van der Waals surface area contributed by atoms with Crippen LogP contribution in [0.2, 0.25) is 0 Å². The van der Waals surface area contributed by atoms with Gasteiger partial charge in [-0.15, -0.1) is 11.8 Å². The number of ether oxygens (including phenoxy) is 1. The van der Waals surface area contributed by atoms with E-state index in [1.165, 1.54) is 11.8 Å². The molecule has 0 aliphatic carbocycles. The number of rotatable bonds is 4. The van der Waals surface area contributed by atoms with Crippen LogP contribution in [-0.2, 0) is 4.74 Å². The molecule has 2 rings (SSSR count). The highest BCUT2D eigenvalue weighted by Crippen LogP contribution is 2.31. The smallest absolute Gasteiger partial charge is 0.338 e. The first kappa shape index (κ1) is 14.2. The van der Waals surface area contributed by atoms with Crippen molar-refractivity contribution in [3.63, 3.8) is 0 Å². The molecule has 0 aromatic heterocycles. The van der Waals surface area contributed by atoms with Gasteiger partial charge in [-0.3, -0.25) is 0 Å². The van der Waals surface area contributed by atoms with Crippen molar-refractivity contribution in [3.05, 3.63) is 23.8 Å².